The maximum Gasteiger partial charge on any atom is 0.410 e. The van der Waals surface area contributed by atoms with Crippen LogP contribution in [0.3, 0.4) is 0 Å². The molecule has 3 nitrogen and oxygen atoms in total. The van der Waals surface area contributed by atoms with E-state index < -0.39 is 0 Å². The Hall–Kier alpha value is -0.250. The molecule has 0 bridgehead atoms. The van der Waals surface area contributed by atoms with Gasteiger partial charge in [-0.05, 0) is 20.3 Å². The molecule has 13 heavy (non-hydrogen) atoms. The van der Waals surface area contributed by atoms with E-state index in [0.717, 1.165) is 11.8 Å². The number of nitrogens with zero attached hydrogens (tertiary/aromatic N) is 1. The van der Waals surface area contributed by atoms with E-state index in [1.54, 1.807) is 4.90 Å². The van der Waals surface area contributed by atoms with Gasteiger partial charge in [0.2, 0.25) is 0 Å². The summed E-state index contributed by atoms with van der Waals surface area (Å²) >= 11 is 3.32. The first-order chi connectivity index (χ1) is 6.01. The van der Waals surface area contributed by atoms with Crippen LogP contribution in [0.4, 0.5) is 4.79 Å². The molecule has 4 heteroatoms. The molecular weight excluding hydrogens is 234 g/mol. The summed E-state index contributed by atoms with van der Waals surface area (Å²) in [5.41, 5.74) is -0.0893. The topological polar surface area (TPSA) is 29.5 Å². The Morgan fingerprint density at radius 3 is 2.69 bits per heavy atom. The number of ether oxygens (including phenoxy) is 1. The van der Waals surface area contributed by atoms with Crippen LogP contribution >= 0.6 is 15.9 Å². The second kappa shape index (κ2) is 3.86. The molecule has 0 N–H and O–H groups in total. The summed E-state index contributed by atoms with van der Waals surface area (Å²) in [5, 5.41) is 0.717. The summed E-state index contributed by atoms with van der Waals surface area (Å²) in [6.07, 6.45) is 0.770. The van der Waals surface area contributed by atoms with Crippen LogP contribution in [0.25, 0.3) is 0 Å². The van der Waals surface area contributed by atoms with Crippen LogP contribution < -0.4 is 0 Å². The summed E-state index contributed by atoms with van der Waals surface area (Å²) in [6, 6.07) is 0. The lowest BCUT2D eigenvalue weighted by Gasteiger charge is -2.32. The Bertz CT molecular complexity index is 206. The van der Waals surface area contributed by atoms with E-state index >= 15 is 0 Å². The van der Waals surface area contributed by atoms with Crippen LogP contribution in [0.2, 0.25) is 0 Å². The van der Waals surface area contributed by atoms with Crippen LogP contribution in [-0.4, -0.2) is 34.5 Å². The first-order valence-electron chi connectivity index (χ1n) is 4.55. The molecular formula is C9H16BrNO2. The van der Waals surface area contributed by atoms with Gasteiger partial charge < -0.3 is 4.74 Å². The lowest BCUT2D eigenvalue weighted by molar-refractivity contribution is 0.118. The summed E-state index contributed by atoms with van der Waals surface area (Å²) in [5.74, 6) is 0. The van der Waals surface area contributed by atoms with E-state index in [-0.39, 0.29) is 17.7 Å². The van der Waals surface area contributed by atoms with Gasteiger partial charge in [0.15, 0.2) is 0 Å². The first-order valence-corrected chi connectivity index (χ1v) is 5.67. The summed E-state index contributed by atoms with van der Waals surface area (Å²) in [6.45, 7) is 6.90. The Morgan fingerprint density at radius 2 is 2.31 bits per heavy atom. The highest BCUT2D eigenvalue weighted by molar-refractivity contribution is 9.09. The average Bonchev–Trinajstić information content (AvgIpc) is 2.47. The molecule has 0 spiro atoms. The minimum atomic E-state index is -0.184. The van der Waals surface area contributed by atoms with Crippen molar-refractivity contribution < 1.29 is 9.53 Å². The van der Waals surface area contributed by atoms with Crippen LogP contribution in [0.5, 0.6) is 0 Å². The number of halogens is 1. The number of rotatable bonds is 3. The number of carbonyl (C=O) groups is 1. The molecule has 0 aromatic heterocycles. The highest BCUT2D eigenvalue weighted by atomic mass is 79.9. The Balaban J connectivity index is 2.67. The van der Waals surface area contributed by atoms with Crippen LogP contribution in [0.1, 0.15) is 27.2 Å². The maximum atomic E-state index is 11.4. The van der Waals surface area contributed by atoms with Gasteiger partial charge in [0.05, 0.1) is 6.54 Å². The van der Waals surface area contributed by atoms with Crippen LogP contribution in [0, 0.1) is 0 Å². The van der Waals surface area contributed by atoms with E-state index in [9.17, 15) is 4.79 Å². The van der Waals surface area contributed by atoms with Gasteiger partial charge >= 0.3 is 6.09 Å². The van der Waals surface area contributed by atoms with Crippen molar-refractivity contribution >= 4 is 22.0 Å². The van der Waals surface area contributed by atoms with Crippen molar-refractivity contribution in [3.63, 3.8) is 0 Å². The molecule has 0 aliphatic carbocycles. The number of amides is 1. The zero-order valence-electron chi connectivity index (χ0n) is 8.34. The molecule has 1 saturated heterocycles. The van der Waals surface area contributed by atoms with E-state index in [1.807, 2.05) is 0 Å². The van der Waals surface area contributed by atoms with Gasteiger partial charge in [0.1, 0.15) is 6.10 Å². The van der Waals surface area contributed by atoms with Crippen molar-refractivity contribution in [1.82, 2.24) is 4.90 Å². The summed E-state index contributed by atoms with van der Waals surface area (Å²) in [7, 11) is 0. The van der Waals surface area contributed by atoms with E-state index in [1.165, 1.54) is 0 Å². The fraction of sp³-hybridized carbons (Fsp3) is 0.889. The van der Waals surface area contributed by atoms with E-state index in [4.69, 9.17) is 4.74 Å². The van der Waals surface area contributed by atoms with Gasteiger partial charge in [-0.1, -0.05) is 22.9 Å². The van der Waals surface area contributed by atoms with E-state index in [2.05, 4.69) is 36.7 Å². The number of hydrogen-bond acceptors (Lipinski definition) is 2. The molecule has 1 aliphatic rings. The minimum absolute atomic E-state index is 0.0123. The second-order valence-electron chi connectivity index (χ2n) is 3.94. The van der Waals surface area contributed by atoms with Gasteiger partial charge in [0.25, 0.3) is 0 Å². The fourth-order valence-electron chi connectivity index (χ4n) is 1.29. The van der Waals surface area contributed by atoms with Crippen LogP contribution in [0.15, 0.2) is 0 Å². The largest absolute Gasteiger partial charge is 0.443 e. The smallest absolute Gasteiger partial charge is 0.410 e. The Labute approximate surface area is 87.6 Å². The molecule has 1 atom stereocenters. The van der Waals surface area contributed by atoms with Crippen molar-refractivity contribution in [2.45, 2.75) is 38.8 Å². The third-order valence-electron chi connectivity index (χ3n) is 2.64. The van der Waals surface area contributed by atoms with Crippen LogP contribution in [-0.2, 0) is 4.74 Å². The lowest BCUT2D eigenvalue weighted by Crippen LogP contribution is -2.44. The van der Waals surface area contributed by atoms with Crippen molar-refractivity contribution in [2.24, 2.45) is 0 Å². The zero-order chi connectivity index (χ0) is 10.1. The molecule has 1 heterocycles. The molecule has 0 saturated carbocycles. The maximum absolute atomic E-state index is 11.4. The molecule has 0 aromatic rings. The average molecular weight is 250 g/mol. The SMILES string of the molecule is CCC(C)(C)N1CC(CBr)OC1=O. The van der Waals surface area contributed by atoms with Gasteiger partial charge in [-0.25, -0.2) is 4.79 Å². The summed E-state index contributed by atoms with van der Waals surface area (Å²) in [4.78, 5) is 13.2. The number of cyclic esters (lactones) is 1. The summed E-state index contributed by atoms with van der Waals surface area (Å²) < 4.78 is 5.15. The third kappa shape index (κ3) is 2.16. The Kier molecular flexibility index (Phi) is 3.22. The Morgan fingerprint density at radius 1 is 1.69 bits per heavy atom. The molecule has 1 rings (SSSR count). The van der Waals surface area contributed by atoms with Crippen molar-refractivity contribution in [3.05, 3.63) is 0 Å². The lowest BCUT2D eigenvalue weighted by atomic mass is 10.00. The quantitative estimate of drug-likeness (QED) is 0.720. The van der Waals surface area contributed by atoms with E-state index in [0.29, 0.717) is 6.54 Å². The third-order valence-corrected chi connectivity index (χ3v) is 3.36. The minimum Gasteiger partial charge on any atom is -0.443 e. The second-order valence-corrected chi connectivity index (χ2v) is 4.58. The fourth-order valence-corrected chi connectivity index (χ4v) is 1.62. The number of alkyl halides is 1. The standard InChI is InChI=1S/C9H16BrNO2/c1-4-9(2,3)11-6-7(5-10)13-8(11)12/h7H,4-6H2,1-3H3. The molecule has 0 radical (unpaired) electrons. The van der Waals surface area contributed by atoms with Gasteiger partial charge in [0, 0.05) is 10.9 Å². The molecule has 1 amide bonds. The first kappa shape index (κ1) is 10.8. The molecule has 1 fully saturated rings. The number of carbonyl (C=O) groups excluding carboxylic acids is 1. The zero-order valence-corrected chi connectivity index (χ0v) is 9.93. The molecule has 1 aliphatic heterocycles. The van der Waals surface area contributed by atoms with Crippen molar-refractivity contribution in [2.75, 3.05) is 11.9 Å². The highest BCUT2D eigenvalue weighted by Crippen LogP contribution is 2.25. The van der Waals surface area contributed by atoms with Gasteiger partial charge in [-0.3, -0.25) is 4.90 Å². The number of hydrogen-bond donors (Lipinski definition) is 0. The van der Waals surface area contributed by atoms with Crippen molar-refractivity contribution in [3.8, 4) is 0 Å². The monoisotopic (exact) mass is 249 g/mol. The molecule has 1 unspecified atom stereocenters. The molecule has 0 aromatic carbocycles. The normalized spacial score (nSPS) is 23.5. The van der Waals surface area contributed by atoms with Gasteiger partial charge in [-0.15, -0.1) is 0 Å². The van der Waals surface area contributed by atoms with Crippen molar-refractivity contribution in [1.29, 1.82) is 0 Å². The molecule has 76 valence electrons. The predicted molar refractivity (Wildman–Crippen MR) is 55.1 cm³/mol. The highest BCUT2D eigenvalue weighted by Gasteiger charge is 2.38. The predicted octanol–water partition coefficient (Wildman–Crippen LogP) is 2.39. The van der Waals surface area contributed by atoms with Gasteiger partial charge in [-0.2, -0.15) is 0 Å².